The third-order valence-corrected chi connectivity index (χ3v) is 7.35. The molecule has 0 aliphatic rings. The molecule has 6 aromatic carbocycles. The van der Waals surface area contributed by atoms with Gasteiger partial charge in [0.05, 0.1) is 0 Å². The first-order valence-corrected chi connectivity index (χ1v) is 13.7. The summed E-state index contributed by atoms with van der Waals surface area (Å²) in [6, 6.07) is 51.5. The first kappa shape index (κ1) is 25.2. The van der Waals surface area contributed by atoms with Crippen molar-refractivity contribution in [2.75, 3.05) is 10.6 Å². The molecule has 0 heterocycles. The Labute approximate surface area is 237 Å². The summed E-state index contributed by atoms with van der Waals surface area (Å²) in [7, 11) is 0. The standard InChI is InChI=1S/C38H32N2/c1-27-13-9-11-19-37(27)39-31-21-23-33(35(25-31)29-15-5-3-6-16-29)34-24-22-32(40-38-20-12-10-14-28(38)2)26-36(34)30-17-7-4-8-18-30/h3-26,39-40H,1-2H3. The Bertz CT molecular complexity index is 1620. The van der Waals surface area contributed by atoms with Crippen LogP contribution in [0.3, 0.4) is 0 Å². The minimum atomic E-state index is 1.07. The van der Waals surface area contributed by atoms with Gasteiger partial charge in [-0.15, -0.1) is 0 Å². The lowest BCUT2D eigenvalue weighted by Gasteiger charge is -2.19. The van der Waals surface area contributed by atoms with Gasteiger partial charge in [0.2, 0.25) is 0 Å². The highest BCUT2D eigenvalue weighted by atomic mass is 14.9. The molecule has 0 unspecified atom stereocenters. The Morgan fingerprint density at radius 3 is 1.12 bits per heavy atom. The maximum atomic E-state index is 3.64. The maximum absolute atomic E-state index is 3.64. The second kappa shape index (κ2) is 11.3. The van der Waals surface area contributed by atoms with Gasteiger partial charge in [-0.2, -0.15) is 0 Å². The Hall–Kier alpha value is -5.08. The van der Waals surface area contributed by atoms with Crippen LogP contribution in [0.4, 0.5) is 22.7 Å². The molecule has 0 aromatic heterocycles. The predicted octanol–water partition coefficient (Wildman–Crippen LogP) is 10.8. The van der Waals surface area contributed by atoms with Crippen molar-refractivity contribution in [3.63, 3.8) is 0 Å². The predicted molar refractivity (Wildman–Crippen MR) is 172 cm³/mol. The molecule has 0 amide bonds. The molecule has 40 heavy (non-hydrogen) atoms. The van der Waals surface area contributed by atoms with Crippen LogP contribution >= 0.6 is 0 Å². The van der Waals surface area contributed by atoms with E-state index in [2.05, 4.69) is 170 Å². The summed E-state index contributed by atoms with van der Waals surface area (Å²) in [5.74, 6) is 0. The molecule has 0 radical (unpaired) electrons. The van der Waals surface area contributed by atoms with Gasteiger partial charge in [-0.3, -0.25) is 0 Å². The van der Waals surface area contributed by atoms with Crippen molar-refractivity contribution in [1.29, 1.82) is 0 Å². The van der Waals surface area contributed by atoms with Crippen LogP contribution in [-0.4, -0.2) is 0 Å². The molecule has 0 bridgehead atoms. The number of rotatable bonds is 7. The van der Waals surface area contributed by atoms with Crippen LogP contribution in [0.25, 0.3) is 33.4 Å². The molecule has 2 nitrogen and oxygen atoms in total. The molecular weight excluding hydrogens is 484 g/mol. The summed E-state index contributed by atoms with van der Waals surface area (Å²) in [4.78, 5) is 0. The first-order chi connectivity index (χ1) is 19.7. The lowest BCUT2D eigenvalue weighted by atomic mass is 9.88. The SMILES string of the molecule is Cc1ccccc1Nc1ccc(-c2ccc(Nc3ccccc3C)cc2-c2ccccc2)c(-c2ccccc2)c1. The number of para-hydroxylation sites is 2. The fraction of sp³-hybridized carbons (Fsp3) is 0.0526. The Balaban J connectivity index is 1.49. The number of nitrogens with one attached hydrogen (secondary N) is 2. The first-order valence-electron chi connectivity index (χ1n) is 13.7. The van der Waals surface area contributed by atoms with Crippen molar-refractivity contribution in [3.05, 3.63) is 157 Å². The molecular formula is C38H32N2. The molecule has 2 heteroatoms. The van der Waals surface area contributed by atoms with Crippen LogP contribution in [0.5, 0.6) is 0 Å². The maximum Gasteiger partial charge on any atom is 0.0413 e. The third kappa shape index (κ3) is 5.39. The van der Waals surface area contributed by atoms with E-state index >= 15 is 0 Å². The molecule has 0 aliphatic heterocycles. The lowest BCUT2D eigenvalue weighted by Crippen LogP contribution is -1.97. The fourth-order valence-electron chi connectivity index (χ4n) is 5.16. The average molecular weight is 517 g/mol. The normalized spacial score (nSPS) is 10.8. The van der Waals surface area contributed by atoms with Crippen molar-refractivity contribution >= 4 is 22.7 Å². The number of benzene rings is 6. The topological polar surface area (TPSA) is 24.1 Å². The van der Waals surface area contributed by atoms with Gasteiger partial charge in [-0.1, -0.05) is 109 Å². The quantitative estimate of drug-likeness (QED) is 0.220. The van der Waals surface area contributed by atoms with Crippen LogP contribution in [-0.2, 0) is 0 Å². The van der Waals surface area contributed by atoms with Gasteiger partial charge in [0.1, 0.15) is 0 Å². The van der Waals surface area contributed by atoms with Gasteiger partial charge in [-0.05, 0) is 94.8 Å². The molecule has 0 fully saturated rings. The van der Waals surface area contributed by atoms with Gasteiger partial charge < -0.3 is 10.6 Å². The minimum absolute atomic E-state index is 1.07. The highest BCUT2D eigenvalue weighted by Gasteiger charge is 2.15. The zero-order chi connectivity index (χ0) is 27.3. The monoisotopic (exact) mass is 516 g/mol. The summed E-state index contributed by atoms with van der Waals surface area (Å²) in [6.07, 6.45) is 0. The molecule has 6 aromatic rings. The molecule has 0 saturated carbocycles. The second-order valence-electron chi connectivity index (χ2n) is 10.1. The van der Waals surface area contributed by atoms with E-state index in [-0.39, 0.29) is 0 Å². The molecule has 194 valence electrons. The zero-order valence-corrected chi connectivity index (χ0v) is 22.9. The van der Waals surface area contributed by atoms with Crippen LogP contribution in [0.2, 0.25) is 0 Å². The van der Waals surface area contributed by atoms with Crippen molar-refractivity contribution < 1.29 is 0 Å². The molecule has 2 N–H and O–H groups in total. The second-order valence-corrected chi connectivity index (χ2v) is 10.1. The molecule has 0 atom stereocenters. The summed E-state index contributed by atoms with van der Waals surface area (Å²) in [6.45, 7) is 4.26. The summed E-state index contributed by atoms with van der Waals surface area (Å²) in [5.41, 5.74) is 14.0. The highest BCUT2D eigenvalue weighted by Crippen LogP contribution is 2.41. The van der Waals surface area contributed by atoms with Gasteiger partial charge in [0.15, 0.2) is 0 Å². The third-order valence-electron chi connectivity index (χ3n) is 7.35. The van der Waals surface area contributed by atoms with E-state index in [1.165, 1.54) is 44.5 Å². The van der Waals surface area contributed by atoms with E-state index < -0.39 is 0 Å². The Morgan fingerprint density at radius 1 is 0.350 bits per heavy atom. The minimum Gasteiger partial charge on any atom is -0.355 e. The lowest BCUT2D eigenvalue weighted by molar-refractivity contribution is 1.43. The summed E-state index contributed by atoms with van der Waals surface area (Å²) in [5, 5.41) is 7.28. The van der Waals surface area contributed by atoms with E-state index in [4.69, 9.17) is 0 Å². The highest BCUT2D eigenvalue weighted by molar-refractivity contribution is 5.94. The summed E-state index contributed by atoms with van der Waals surface area (Å²) >= 11 is 0. The van der Waals surface area contributed by atoms with Gasteiger partial charge in [0, 0.05) is 22.7 Å². The largest absolute Gasteiger partial charge is 0.355 e. The fourth-order valence-corrected chi connectivity index (χ4v) is 5.16. The van der Waals surface area contributed by atoms with Gasteiger partial charge >= 0.3 is 0 Å². The van der Waals surface area contributed by atoms with Crippen LogP contribution in [0.1, 0.15) is 11.1 Å². The van der Waals surface area contributed by atoms with Crippen LogP contribution < -0.4 is 10.6 Å². The van der Waals surface area contributed by atoms with Crippen LogP contribution in [0.15, 0.2) is 146 Å². The number of anilines is 4. The van der Waals surface area contributed by atoms with E-state index in [1.54, 1.807) is 0 Å². The molecule has 0 aliphatic carbocycles. The Kier molecular flexibility index (Phi) is 7.15. The van der Waals surface area contributed by atoms with Crippen LogP contribution in [0, 0.1) is 13.8 Å². The Morgan fingerprint density at radius 2 is 0.725 bits per heavy atom. The van der Waals surface area contributed by atoms with Crippen molar-refractivity contribution in [2.45, 2.75) is 13.8 Å². The van der Waals surface area contributed by atoms with Gasteiger partial charge in [0.25, 0.3) is 0 Å². The van der Waals surface area contributed by atoms with Crippen molar-refractivity contribution in [3.8, 4) is 33.4 Å². The van der Waals surface area contributed by atoms with Crippen molar-refractivity contribution in [1.82, 2.24) is 0 Å². The average Bonchev–Trinajstić information content (AvgIpc) is 3.00. The number of hydrogen-bond acceptors (Lipinski definition) is 2. The van der Waals surface area contributed by atoms with Crippen molar-refractivity contribution in [2.24, 2.45) is 0 Å². The smallest absolute Gasteiger partial charge is 0.0413 e. The van der Waals surface area contributed by atoms with E-state index in [9.17, 15) is 0 Å². The van der Waals surface area contributed by atoms with E-state index in [1.807, 2.05) is 0 Å². The molecule has 0 spiro atoms. The summed E-state index contributed by atoms with van der Waals surface area (Å²) < 4.78 is 0. The number of aryl methyl sites for hydroxylation is 2. The van der Waals surface area contributed by atoms with E-state index in [0.29, 0.717) is 0 Å². The molecule has 6 rings (SSSR count). The number of hydrogen-bond donors (Lipinski definition) is 2. The van der Waals surface area contributed by atoms with E-state index in [0.717, 1.165) is 22.7 Å². The van der Waals surface area contributed by atoms with Gasteiger partial charge in [-0.25, -0.2) is 0 Å². The molecule has 0 saturated heterocycles. The zero-order valence-electron chi connectivity index (χ0n) is 22.9.